The fraction of sp³-hybridized carbons (Fsp3) is 0.500. The first-order chi connectivity index (χ1) is 3.72. The van der Waals surface area contributed by atoms with Gasteiger partial charge in [0.2, 0.25) is 0 Å². The summed E-state index contributed by atoms with van der Waals surface area (Å²) >= 11 is 0. The van der Waals surface area contributed by atoms with Crippen LogP contribution in [-0.4, -0.2) is 12.3 Å². The first-order valence-corrected chi connectivity index (χ1v) is 2.58. The maximum atomic E-state index is 10.5. The Balaban J connectivity index is 3.92. The predicted octanol–water partition coefficient (Wildman–Crippen LogP) is 0.480. The molecule has 2 N–H and O–H groups in total. The van der Waals surface area contributed by atoms with Crippen LogP contribution in [0.3, 0.4) is 0 Å². The Kier molecular flexibility index (Phi) is 3.12. The van der Waals surface area contributed by atoms with Gasteiger partial charge in [-0.2, -0.15) is 0 Å². The number of nitrogens with two attached hydrogens (primary N) is 1. The van der Waals surface area contributed by atoms with Gasteiger partial charge in [0.15, 0.2) is 5.78 Å². The molecule has 46 valence electrons. The zero-order chi connectivity index (χ0) is 6.57. The second-order valence-electron chi connectivity index (χ2n) is 1.57. The summed E-state index contributed by atoms with van der Waals surface area (Å²) in [5.41, 5.74) is 5.89. The smallest absolute Gasteiger partial charge is 0.156 e. The summed E-state index contributed by atoms with van der Waals surface area (Å²) < 4.78 is 0. The summed E-state index contributed by atoms with van der Waals surface area (Å²) in [6, 6.07) is 0. The summed E-state index contributed by atoms with van der Waals surface area (Å²) in [6.07, 6.45) is 1.74. The van der Waals surface area contributed by atoms with Crippen molar-refractivity contribution in [1.29, 1.82) is 0 Å². The fourth-order valence-electron chi connectivity index (χ4n) is 0.465. The second-order valence-corrected chi connectivity index (χ2v) is 1.57. The number of Topliss-reactive ketones (excluding diaryl/α,β-unsaturated/α-hetero) is 1. The summed E-state index contributed by atoms with van der Waals surface area (Å²) in [5, 5.41) is 0. The number of hydrogen-bond donors (Lipinski definition) is 1. The van der Waals surface area contributed by atoms with Crippen molar-refractivity contribution < 1.29 is 4.79 Å². The van der Waals surface area contributed by atoms with E-state index < -0.39 is 0 Å². The average Bonchev–Trinajstić information content (AvgIpc) is 1.69. The molecule has 0 spiro atoms. The Morgan fingerprint density at radius 3 is 2.25 bits per heavy atom. The van der Waals surface area contributed by atoms with E-state index in [0.717, 1.165) is 0 Å². The lowest BCUT2D eigenvalue weighted by atomic mass is 10.2. The van der Waals surface area contributed by atoms with Gasteiger partial charge in [0.1, 0.15) is 0 Å². The Morgan fingerprint density at radius 1 is 1.75 bits per heavy atom. The zero-order valence-corrected chi connectivity index (χ0v) is 5.27. The molecule has 0 amide bonds. The quantitative estimate of drug-likeness (QED) is 0.529. The van der Waals surface area contributed by atoms with E-state index in [1.54, 1.807) is 6.08 Å². The van der Waals surface area contributed by atoms with Crippen LogP contribution in [0.15, 0.2) is 11.6 Å². The number of hydrogen-bond acceptors (Lipinski definition) is 2. The normalized spacial score (nSPS) is 11.6. The monoisotopic (exact) mass is 113 g/mol. The van der Waals surface area contributed by atoms with Crippen molar-refractivity contribution in [3.05, 3.63) is 11.6 Å². The molecule has 8 heavy (non-hydrogen) atoms. The van der Waals surface area contributed by atoms with Gasteiger partial charge in [0.25, 0.3) is 0 Å². The first kappa shape index (κ1) is 7.37. The van der Waals surface area contributed by atoms with Crippen molar-refractivity contribution in [3.8, 4) is 0 Å². The lowest BCUT2D eigenvalue weighted by Gasteiger charge is -1.93. The van der Waals surface area contributed by atoms with E-state index in [1.807, 2.05) is 6.92 Å². The molecule has 2 nitrogen and oxygen atoms in total. The summed E-state index contributed by atoms with van der Waals surface area (Å²) in [6.45, 7) is 3.68. The van der Waals surface area contributed by atoms with Crippen LogP contribution in [0, 0.1) is 0 Å². The highest BCUT2D eigenvalue weighted by molar-refractivity contribution is 5.93. The van der Waals surface area contributed by atoms with Gasteiger partial charge >= 0.3 is 0 Å². The minimum Gasteiger partial charge on any atom is -0.326 e. The Hall–Kier alpha value is -0.630. The highest BCUT2D eigenvalue weighted by Gasteiger charge is 1.95. The molecule has 0 atom stereocenters. The van der Waals surface area contributed by atoms with E-state index in [4.69, 9.17) is 5.73 Å². The van der Waals surface area contributed by atoms with Crippen molar-refractivity contribution in [2.75, 3.05) is 6.54 Å². The molecule has 0 saturated carbocycles. The van der Waals surface area contributed by atoms with Crippen molar-refractivity contribution in [1.82, 2.24) is 0 Å². The number of allylic oxidation sites excluding steroid dienone is 1. The molecule has 0 fully saturated rings. The largest absolute Gasteiger partial charge is 0.326 e. The van der Waals surface area contributed by atoms with Crippen LogP contribution in [0.2, 0.25) is 0 Å². The maximum Gasteiger partial charge on any atom is 0.156 e. The molecule has 0 aliphatic carbocycles. The molecule has 0 rings (SSSR count). The minimum absolute atomic E-state index is 0.0648. The van der Waals surface area contributed by atoms with Crippen LogP contribution in [0.25, 0.3) is 0 Å². The fourth-order valence-corrected chi connectivity index (χ4v) is 0.465. The molecule has 0 saturated heterocycles. The summed E-state index contributed by atoms with van der Waals surface area (Å²) in [4.78, 5) is 10.5. The van der Waals surface area contributed by atoms with Crippen LogP contribution >= 0.6 is 0 Å². The van der Waals surface area contributed by atoms with E-state index in [-0.39, 0.29) is 5.78 Å². The molecule has 0 radical (unpaired) electrons. The van der Waals surface area contributed by atoms with Crippen LogP contribution in [0.5, 0.6) is 0 Å². The topological polar surface area (TPSA) is 43.1 Å². The number of carbonyl (C=O) groups excluding carboxylic acids is 1. The minimum atomic E-state index is 0.0648. The number of carbonyl (C=O) groups is 1. The van der Waals surface area contributed by atoms with Gasteiger partial charge in [-0.15, -0.1) is 0 Å². The summed E-state index contributed by atoms with van der Waals surface area (Å²) in [5.74, 6) is 0.0648. The first-order valence-electron chi connectivity index (χ1n) is 2.58. The molecule has 0 unspecified atom stereocenters. The SMILES string of the molecule is C/C=C(\CN)C(C)=O. The van der Waals surface area contributed by atoms with Gasteiger partial charge in [0, 0.05) is 12.1 Å². The van der Waals surface area contributed by atoms with Crippen LogP contribution in [0.4, 0.5) is 0 Å². The third-order valence-electron chi connectivity index (χ3n) is 1.02. The molecule has 0 heterocycles. The molecule has 0 aromatic heterocycles. The Labute approximate surface area is 49.4 Å². The van der Waals surface area contributed by atoms with E-state index in [0.29, 0.717) is 12.1 Å². The highest BCUT2D eigenvalue weighted by Crippen LogP contribution is 1.90. The number of rotatable bonds is 2. The van der Waals surface area contributed by atoms with Gasteiger partial charge < -0.3 is 5.73 Å². The third-order valence-corrected chi connectivity index (χ3v) is 1.02. The van der Waals surface area contributed by atoms with E-state index in [2.05, 4.69) is 0 Å². The molecule has 0 aliphatic rings. The van der Waals surface area contributed by atoms with Gasteiger partial charge in [0.05, 0.1) is 0 Å². The molecule has 0 bridgehead atoms. The predicted molar refractivity (Wildman–Crippen MR) is 33.5 cm³/mol. The Morgan fingerprint density at radius 2 is 2.25 bits per heavy atom. The van der Waals surface area contributed by atoms with Crippen molar-refractivity contribution in [2.24, 2.45) is 5.73 Å². The second kappa shape index (κ2) is 3.38. The summed E-state index contributed by atoms with van der Waals surface area (Å²) in [7, 11) is 0. The molecule has 0 aromatic carbocycles. The highest BCUT2D eigenvalue weighted by atomic mass is 16.1. The molecular weight excluding hydrogens is 102 g/mol. The molecule has 0 aliphatic heterocycles. The van der Waals surface area contributed by atoms with Gasteiger partial charge in [-0.05, 0) is 13.8 Å². The van der Waals surface area contributed by atoms with Crippen LogP contribution in [0.1, 0.15) is 13.8 Å². The number of ketones is 1. The molecular formula is C6H11NO. The lowest BCUT2D eigenvalue weighted by molar-refractivity contribution is -0.113. The molecule has 2 heteroatoms. The van der Waals surface area contributed by atoms with E-state index in [9.17, 15) is 4.79 Å². The van der Waals surface area contributed by atoms with Crippen LogP contribution < -0.4 is 5.73 Å². The van der Waals surface area contributed by atoms with E-state index in [1.165, 1.54) is 6.92 Å². The standard InChI is InChI=1S/C6H11NO/c1-3-6(4-7)5(2)8/h3H,4,7H2,1-2H3/b6-3+. The zero-order valence-electron chi connectivity index (χ0n) is 5.27. The average molecular weight is 113 g/mol. The van der Waals surface area contributed by atoms with Crippen molar-refractivity contribution in [3.63, 3.8) is 0 Å². The maximum absolute atomic E-state index is 10.5. The molecule has 0 aromatic rings. The van der Waals surface area contributed by atoms with Gasteiger partial charge in [-0.3, -0.25) is 4.79 Å². The Bertz CT molecular complexity index is 116. The lowest BCUT2D eigenvalue weighted by Crippen LogP contribution is -2.09. The van der Waals surface area contributed by atoms with Crippen molar-refractivity contribution >= 4 is 5.78 Å². The van der Waals surface area contributed by atoms with Gasteiger partial charge in [-0.25, -0.2) is 0 Å². The van der Waals surface area contributed by atoms with Crippen molar-refractivity contribution in [2.45, 2.75) is 13.8 Å². The third kappa shape index (κ3) is 1.89. The van der Waals surface area contributed by atoms with E-state index >= 15 is 0 Å². The van der Waals surface area contributed by atoms with Crippen LogP contribution in [-0.2, 0) is 4.79 Å². The van der Waals surface area contributed by atoms with Gasteiger partial charge in [-0.1, -0.05) is 6.08 Å².